The Morgan fingerprint density at radius 3 is 1.33 bits per heavy atom. The number of hydrogen-bond acceptors (Lipinski definition) is 3. The third-order valence-electron chi connectivity index (χ3n) is 7.83. The van der Waals surface area contributed by atoms with Gasteiger partial charge in [-0.15, -0.1) is 6.42 Å². The smallest absolute Gasteiger partial charge is 0.375 e. The fraction of sp³-hybridized carbons (Fsp3) is 0.0435. The molecule has 0 aliphatic carbocycles. The predicted molar refractivity (Wildman–Crippen MR) is 238 cm³/mol. The highest BCUT2D eigenvalue weighted by atomic mass is 79.9. The van der Waals surface area contributed by atoms with Crippen LogP contribution in [0, 0.1) is 42.9 Å². The van der Waals surface area contributed by atoms with Crippen LogP contribution in [0.5, 0.6) is 5.75 Å². The zero-order chi connectivity index (χ0) is 41.2. The molecule has 0 aliphatic rings. The Bertz CT molecular complexity index is 2730. The van der Waals surface area contributed by atoms with Gasteiger partial charge in [0.25, 0.3) is 0 Å². The van der Waals surface area contributed by atoms with E-state index in [9.17, 15) is 21.6 Å². The Labute approximate surface area is 363 Å². The maximum atomic E-state index is 12.3. The van der Waals surface area contributed by atoms with E-state index in [1.165, 1.54) is 12.1 Å². The van der Waals surface area contributed by atoms with Crippen LogP contribution in [0.1, 0.15) is 33.4 Å². The molecule has 7 rings (SSSR count). The Morgan fingerprint density at radius 1 is 0.526 bits per heavy atom. The molecular formula is C46H27Br4F3O3S. The third-order valence-corrected chi connectivity index (χ3v) is 11.6. The molecule has 0 fully saturated rings. The molecule has 0 unspecified atom stereocenters. The first kappa shape index (κ1) is 43.3. The number of hydrogen-bond donors (Lipinski definition) is 0. The highest BCUT2D eigenvalue weighted by Crippen LogP contribution is 2.36. The highest BCUT2D eigenvalue weighted by Gasteiger charge is 2.48. The molecule has 0 radical (unpaired) electrons. The van der Waals surface area contributed by atoms with Gasteiger partial charge in [-0.3, -0.25) is 0 Å². The Balaban J connectivity index is 0.000000187. The molecule has 0 atom stereocenters. The minimum atomic E-state index is -5.70. The molecule has 0 N–H and O–H groups in total. The van der Waals surface area contributed by atoms with Gasteiger partial charge in [0, 0.05) is 41.2 Å². The summed E-state index contributed by atoms with van der Waals surface area (Å²) < 4.78 is 66.1. The standard InChI is InChI=1S/C26H14Br2.C12H7Br2F3O3S.C8H6/c27-25-17-24-16-22(14-12-20-9-5-2-6-10-20)26(28)18-23(24)15-21(25)13-11-19-7-3-1-4-8-19;1-6-2-7-4-10(14)11(5-8(7)3-9(6)13)20-21(18,19)12(15,16)17;1-2-8-6-4-3-5-7-8/h1-10,15-18H;2-5H,1H3;1,3-7H. The molecule has 0 saturated heterocycles. The lowest BCUT2D eigenvalue weighted by atomic mass is 10.0. The van der Waals surface area contributed by atoms with Crippen LogP contribution in [0.15, 0.2) is 157 Å². The summed E-state index contributed by atoms with van der Waals surface area (Å²) in [5.74, 6) is 15.1. The van der Waals surface area contributed by atoms with E-state index < -0.39 is 21.4 Å². The van der Waals surface area contributed by atoms with E-state index in [0.29, 0.717) is 5.39 Å². The third kappa shape index (κ3) is 12.1. The molecule has 284 valence electrons. The zero-order valence-corrected chi connectivity index (χ0v) is 36.8. The van der Waals surface area contributed by atoms with Gasteiger partial charge in [0.05, 0.1) is 4.47 Å². The second-order valence-electron chi connectivity index (χ2n) is 12.0. The average molecular weight is 1040 g/mol. The molecule has 0 heterocycles. The summed E-state index contributed by atoms with van der Waals surface area (Å²) in [7, 11) is -5.70. The Kier molecular flexibility index (Phi) is 14.9. The summed E-state index contributed by atoms with van der Waals surface area (Å²) in [4.78, 5) is 0. The van der Waals surface area contributed by atoms with Crippen LogP contribution in [-0.2, 0) is 10.1 Å². The minimum Gasteiger partial charge on any atom is -0.375 e. The van der Waals surface area contributed by atoms with Gasteiger partial charge in [-0.1, -0.05) is 106 Å². The lowest BCUT2D eigenvalue weighted by Crippen LogP contribution is -2.28. The van der Waals surface area contributed by atoms with Gasteiger partial charge in [-0.2, -0.15) is 21.6 Å². The van der Waals surface area contributed by atoms with Gasteiger partial charge >= 0.3 is 15.6 Å². The van der Waals surface area contributed by atoms with E-state index in [-0.39, 0.29) is 4.47 Å². The first-order valence-electron chi connectivity index (χ1n) is 16.6. The molecule has 0 bridgehead atoms. The number of fused-ring (bicyclic) bond motifs is 2. The Hall–Kier alpha value is -4.80. The average Bonchev–Trinajstić information content (AvgIpc) is 3.19. The van der Waals surface area contributed by atoms with Crippen molar-refractivity contribution in [2.75, 3.05) is 0 Å². The molecular weight excluding hydrogens is 1010 g/mol. The van der Waals surface area contributed by atoms with E-state index >= 15 is 0 Å². The van der Waals surface area contributed by atoms with E-state index in [1.807, 2.05) is 104 Å². The van der Waals surface area contributed by atoms with Gasteiger partial charge in [0.15, 0.2) is 5.75 Å². The van der Waals surface area contributed by atoms with Crippen molar-refractivity contribution in [3.63, 3.8) is 0 Å². The summed E-state index contributed by atoms with van der Waals surface area (Å²) in [6, 6.07) is 44.2. The first-order valence-corrected chi connectivity index (χ1v) is 21.2. The quantitative estimate of drug-likeness (QED) is 0.0985. The summed E-state index contributed by atoms with van der Waals surface area (Å²) in [6.45, 7) is 1.86. The van der Waals surface area contributed by atoms with Gasteiger partial charge in [-0.25, -0.2) is 0 Å². The van der Waals surface area contributed by atoms with Crippen LogP contribution in [0.25, 0.3) is 21.5 Å². The van der Waals surface area contributed by atoms with E-state index in [2.05, 4.69) is 122 Å². The summed E-state index contributed by atoms with van der Waals surface area (Å²) >= 11 is 13.6. The van der Waals surface area contributed by atoms with Crippen LogP contribution in [0.3, 0.4) is 0 Å². The summed E-state index contributed by atoms with van der Waals surface area (Å²) in [6.07, 6.45) is 5.10. The predicted octanol–water partition coefficient (Wildman–Crippen LogP) is 13.7. The Morgan fingerprint density at radius 2 is 0.912 bits per heavy atom. The van der Waals surface area contributed by atoms with Crippen molar-refractivity contribution >= 4 is 95.4 Å². The van der Waals surface area contributed by atoms with Crippen molar-refractivity contribution in [2.24, 2.45) is 0 Å². The number of aryl methyl sites for hydroxylation is 1. The van der Waals surface area contributed by atoms with Crippen LogP contribution >= 0.6 is 63.7 Å². The second kappa shape index (κ2) is 19.6. The number of alkyl halides is 3. The largest absolute Gasteiger partial charge is 0.534 e. The van der Waals surface area contributed by atoms with Crippen molar-refractivity contribution in [3.05, 3.63) is 191 Å². The monoisotopic (exact) mass is 1030 g/mol. The second-order valence-corrected chi connectivity index (χ2v) is 16.9. The first-order chi connectivity index (χ1) is 27.1. The topological polar surface area (TPSA) is 43.4 Å². The molecule has 0 spiro atoms. The van der Waals surface area contributed by atoms with Crippen molar-refractivity contribution in [1.29, 1.82) is 0 Å². The zero-order valence-electron chi connectivity index (χ0n) is 29.6. The van der Waals surface area contributed by atoms with E-state index in [0.717, 1.165) is 63.0 Å². The van der Waals surface area contributed by atoms with Crippen LogP contribution < -0.4 is 4.18 Å². The maximum Gasteiger partial charge on any atom is 0.534 e. The van der Waals surface area contributed by atoms with Gasteiger partial charge in [-0.05, 0) is 161 Å². The van der Waals surface area contributed by atoms with Gasteiger partial charge < -0.3 is 4.18 Å². The lowest BCUT2D eigenvalue weighted by molar-refractivity contribution is -0.0500. The van der Waals surface area contributed by atoms with Crippen molar-refractivity contribution in [3.8, 4) is 41.8 Å². The fourth-order valence-electron chi connectivity index (χ4n) is 4.96. The molecule has 0 aromatic heterocycles. The SMILES string of the molecule is Brc1cc2cc(C#Cc3ccccc3)c(Br)cc2cc1C#Cc1ccccc1.C#Cc1ccccc1.Cc1cc2cc(Br)c(OS(=O)(=O)C(F)(F)F)cc2cc1Br. The number of terminal acetylenes is 1. The lowest BCUT2D eigenvalue weighted by Gasteiger charge is -2.12. The van der Waals surface area contributed by atoms with Gasteiger partial charge in [0.2, 0.25) is 0 Å². The van der Waals surface area contributed by atoms with E-state index in [1.54, 1.807) is 6.07 Å². The molecule has 57 heavy (non-hydrogen) atoms. The number of rotatable bonds is 2. The maximum absolute atomic E-state index is 12.3. The summed E-state index contributed by atoms with van der Waals surface area (Å²) in [5.41, 5.74) is 0.329. The minimum absolute atomic E-state index is 0.115. The normalized spacial score (nSPS) is 10.6. The van der Waals surface area contributed by atoms with Crippen LogP contribution in [0.2, 0.25) is 0 Å². The van der Waals surface area contributed by atoms with Crippen molar-refractivity contribution in [2.45, 2.75) is 12.4 Å². The van der Waals surface area contributed by atoms with Crippen LogP contribution in [-0.4, -0.2) is 13.9 Å². The molecule has 7 aromatic carbocycles. The molecule has 0 saturated carbocycles. The molecule has 3 nitrogen and oxygen atoms in total. The summed E-state index contributed by atoms with van der Waals surface area (Å²) in [5, 5.41) is 3.53. The van der Waals surface area contributed by atoms with Crippen molar-refractivity contribution < 1.29 is 25.8 Å². The number of benzene rings is 7. The fourth-order valence-corrected chi connectivity index (χ4v) is 7.26. The van der Waals surface area contributed by atoms with Crippen LogP contribution in [0.4, 0.5) is 13.2 Å². The molecule has 11 heteroatoms. The number of halogens is 7. The van der Waals surface area contributed by atoms with E-state index in [4.69, 9.17) is 6.42 Å². The van der Waals surface area contributed by atoms with Crippen molar-refractivity contribution in [1.82, 2.24) is 0 Å². The molecule has 0 amide bonds. The molecule has 7 aromatic rings. The van der Waals surface area contributed by atoms with Gasteiger partial charge in [0.1, 0.15) is 0 Å². The molecule has 0 aliphatic heterocycles. The highest BCUT2D eigenvalue weighted by molar-refractivity contribution is 9.11.